The first-order chi connectivity index (χ1) is 14.5. The van der Waals surface area contributed by atoms with Crippen LogP contribution in [-0.4, -0.2) is 31.1 Å². The van der Waals surface area contributed by atoms with Crippen LogP contribution in [0.3, 0.4) is 0 Å². The highest BCUT2D eigenvalue weighted by atomic mass is 79.9. The smallest absolute Gasteiger partial charge is 0.341 e. The number of thiophene rings is 1. The summed E-state index contributed by atoms with van der Waals surface area (Å²) in [7, 11) is 0. The average Bonchev–Trinajstić information content (AvgIpc) is 3.16. The predicted octanol–water partition coefficient (Wildman–Crippen LogP) is 5.15. The Morgan fingerprint density at radius 3 is 2.43 bits per heavy atom. The van der Waals surface area contributed by atoms with E-state index in [0.29, 0.717) is 10.6 Å². The molecular weight excluding hydrogens is 470 g/mol. The van der Waals surface area contributed by atoms with Crippen LogP contribution in [-0.2, 0) is 14.3 Å². The van der Waals surface area contributed by atoms with Gasteiger partial charge in [0.1, 0.15) is 5.00 Å². The molecule has 0 bridgehead atoms. The molecule has 0 unspecified atom stereocenters. The molecule has 0 aliphatic heterocycles. The van der Waals surface area contributed by atoms with Crippen LogP contribution in [0.5, 0.6) is 0 Å². The molecule has 1 heterocycles. The second-order valence-electron chi connectivity index (χ2n) is 6.07. The third-order valence-corrected chi connectivity index (χ3v) is 5.53. The van der Waals surface area contributed by atoms with Crippen molar-refractivity contribution in [2.24, 2.45) is 0 Å². The number of rotatable bonds is 7. The quantitative estimate of drug-likeness (QED) is 0.466. The lowest BCUT2D eigenvalue weighted by molar-refractivity contribution is -0.119. The maximum absolute atomic E-state index is 12.4. The van der Waals surface area contributed by atoms with Crippen molar-refractivity contribution in [3.05, 3.63) is 76.3 Å². The van der Waals surface area contributed by atoms with Gasteiger partial charge in [-0.1, -0.05) is 52.3 Å². The van der Waals surface area contributed by atoms with E-state index in [2.05, 4.69) is 21.2 Å². The topological polar surface area (TPSA) is 81.7 Å². The molecule has 0 spiro atoms. The van der Waals surface area contributed by atoms with Gasteiger partial charge in [-0.3, -0.25) is 4.79 Å². The van der Waals surface area contributed by atoms with Gasteiger partial charge in [0, 0.05) is 9.35 Å². The number of carbonyl (C=O) groups is 3. The summed E-state index contributed by atoms with van der Waals surface area (Å²) < 4.78 is 10.9. The molecule has 3 rings (SSSR count). The van der Waals surface area contributed by atoms with Crippen LogP contribution < -0.4 is 5.32 Å². The van der Waals surface area contributed by atoms with Gasteiger partial charge in [0.15, 0.2) is 6.61 Å². The van der Waals surface area contributed by atoms with Crippen molar-refractivity contribution in [2.45, 2.75) is 6.92 Å². The number of hydrogen-bond donors (Lipinski definition) is 1. The fourth-order valence-corrected chi connectivity index (χ4v) is 4.05. The molecular formula is C22H18BrNO5S. The van der Waals surface area contributed by atoms with Crippen molar-refractivity contribution in [1.82, 2.24) is 0 Å². The zero-order valence-corrected chi connectivity index (χ0v) is 18.4. The number of benzene rings is 2. The maximum atomic E-state index is 12.4. The lowest BCUT2D eigenvalue weighted by atomic mass is 10.1. The Bertz CT molecular complexity index is 1060. The van der Waals surface area contributed by atoms with Crippen molar-refractivity contribution in [3.8, 4) is 10.4 Å². The van der Waals surface area contributed by atoms with Gasteiger partial charge in [-0.25, -0.2) is 9.59 Å². The first-order valence-corrected chi connectivity index (χ1v) is 10.7. The molecule has 0 radical (unpaired) electrons. The van der Waals surface area contributed by atoms with E-state index in [1.807, 2.05) is 30.3 Å². The summed E-state index contributed by atoms with van der Waals surface area (Å²) in [5, 5.41) is 2.99. The van der Waals surface area contributed by atoms with Crippen molar-refractivity contribution in [2.75, 3.05) is 18.5 Å². The molecule has 1 amide bonds. The Balaban J connectivity index is 1.72. The third kappa shape index (κ3) is 5.55. The lowest BCUT2D eigenvalue weighted by Crippen LogP contribution is -2.21. The zero-order chi connectivity index (χ0) is 21.5. The fraction of sp³-hybridized carbons (Fsp3) is 0.136. The molecule has 154 valence electrons. The summed E-state index contributed by atoms with van der Waals surface area (Å²) >= 11 is 4.53. The Kier molecular flexibility index (Phi) is 7.37. The summed E-state index contributed by atoms with van der Waals surface area (Å²) in [5.74, 6) is -1.70. The van der Waals surface area contributed by atoms with Crippen molar-refractivity contribution >= 4 is 50.1 Å². The normalized spacial score (nSPS) is 10.3. The number of nitrogens with one attached hydrogen (secondary N) is 1. The number of anilines is 1. The molecule has 30 heavy (non-hydrogen) atoms. The summed E-state index contributed by atoms with van der Waals surface area (Å²) in [4.78, 5) is 37.6. The number of amides is 1. The predicted molar refractivity (Wildman–Crippen MR) is 119 cm³/mol. The molecule has 3 aromatic rings. The standard InChI is InChI=1S/C22H18BrNO5S/c1-2-28-22(27)17-12-18(14-7-4-3-5-8-14)30-20(17)24-19(25)13-29-21(26)15-9-6-10-16(23)11-15/h3-12H,2,13H2,1H3,(H,24,25). The van der Waals surface area contributed by atoms with Crippen molar-refractivity contribution in [1.29, 1.82) is 0 Å². The van der Waals surface area contributed by atoms with E-state index in [-0.39, 0.29) is 12.2 Å². The largest absolute Gasteiger partial charge is 0.462 e. The van der Waals surface area contributed by atoms with Crippen molar-refractivity contribution < 1.29 is 23.9 Å². The molecule has 0 saturated carbocycles. The highest BCUT2D eigenvalue weighted by molar-refractivity contribution is 9.10. The average molecular weight is 488 g/mol. The summed E-state index contributed by atoms with van der Waals surface area (Å²) in [6.07, 6.45) is 0. The van der Waals surface area contributed by atoms with E-state index >= 15 is 0 Å². The number of hydrogen-bond acceptors (Lipinski definition) is 6. The minimum absolute atomic E-state index is 0.215. The molecule has 6 nitrogen and oxygen atoms in total. The fourth-order valence-electron chi connectivity index (χ4n) is 2.58. The van der Waals surface area contributed by atoms with Crippen molar-refractivity contribution in [3.63, 3.8) is 0 Å². The van der Waals surface area contributed by atoms with E-state index in [1.165, 1.54) is 11.3 Å². The van der Waals surface area contributed by atoms with Gasteiger partial charge < -0.3 is 14.8 Å². The monoisotopic (exact) mass is 487 g/mol. The van der Waals surface area contributed by atoms with Crippen LogP contribution >= 0.6 is 27.3 Å². The van der Waals surface area contributed by atoms with Gasteiger partial charge in [-0.05, 0) is 36.8 Å². The van der Waals surface area contributed by atoms with Gasteiger partial charge >= 0.3 is 11.9 Å². The Labute approximate surface area is 186 Å². The van der Waals surface area contributed by atoms with Crippen LogP contribution in [0.25, 0.3) is 10.4 Å². The summed E-state index contributed by atoms with van der Waals surface area (Å²) in [6, 6.07) is 17.8. The summed E-state index contributed by atoms with van der Waals surface area (Å²) in [6.45, 7) is 1.45. The first kappa shape index (κ1) is 21.7. The highest BCUT2D eigenvalue weighted by Gasteiger charge is 2.20. The molecule has 0 fully saturated rings. The van der Waals surface area contributed by atoms with Gasteiger partial charge in [-0.2, -0.15) is 0 Å². The third-order valence-electron chi connectivity index (χ3n) is 3.93. The van der Waals surface area contributed by atoms with Gasteiger partial charge in [-0.15, -0.1) is 11.3 Å². The van der Waals surface area contributed by atoms with E-state index in [0.717, 1.165) is 14.9 Å². The van der Waals surface area contributed by atoms with E-state index in [9.17, 15) is 14.4 Å². The molecule has 0 atom stereocenters. The molecule has 2 aromatic carbocycles. The molecule has 1 N–H and O–H groups in total. The Morgan fingerprint density at radius 2 is 1.73 bits per heavy atom. The van der Waals surface area contributed by atoms with Crippen LogP contribution in [0.15, 0.2) is 65.1 Å². The Hall–Kier alpha value is -2.97. The number of carbonyl (C=O) groups excluding carboxylic acids is 3. The second-order valence-corrected chi connectivity index (χ2v) is 8.04. The number of halogens is 1. The van der Waals surface area contributed by atoms with Crippen LogP contribution in [0.2, 0.25) is 0 Å². The van der Waals surface area contributed by atoms with Crippen LogP contribution in [0, 0.1) is 0 Å². The highest BCUT2D eigenvalue weighted by Crippen LogP contribution is 2.35. The van der Waals surface area contributed by atoms with E-state index in [4.69, 9.17) is 9.47 Å². The molecule has 0 aliphatic rings. The SMILES string of the molecule is CCOC(=O)c1cc(-c2ccccc2)sc1NC(=O)COC(=O)c1cccc(Br)c1. The minimum atomic E-state index is -0.617. The molecule has 8 heteroatoms. The minimum Gasteiger partial charge on any atom is -0.462 e. The van der Waals surface area contributed by atoms with Crippen LogP contribution in [0.1, 0.15) is 27.6 Å². The van der Waals surface area contributed by atoms with E-state index in [1.54, 1.807) is 37.3 Å². The lowest BCUT2D eigenvalue weighted by Gasteiger charge is -2.07. The zero-order valence-electron chi connectivity index (χ0n) is 16.0. The van der Waals surface area contributed by atoms with E-state index < -0.39 is 24.5 Å². The molecule has 1 aromatic heterocycles. The Morgan fingerprint density at radius 1 is 0.967 bits per heavy atom. The number of ether oxygens (including phenoxy) is 2. The first-order valence-electron chi connectivity index (χ1n) is 9.07. The van der Waals surface area contributed by atoms with Crippen LogP contribution in [0.4, 0.5) is 5.00 Å². The van der Waals surface area contributed by atoms with Gasteiger partial charge in [0.2, 0.25) is 0 Å². The summed E-state index contributed by atoms with van der Waals surface area (Å²) in [5.41, 5.74) is 1.49. The molecule has 0 aliphatic carbocycles. The maximum Gasteiger partial charge on any atom is 0.341 e. The molecule has 0 saturated heterocycles. The van der Waals surface area contributed by atoms with Gasteiger partial charge in [0.25, 0.3) is 5.91 Å². The number of esters is 2. The second kappa shape index (κ2) is 10.2. The van der Waals surface area contributed by atoms with Gasteiger partial charge in [0.05, 0.1) is 17.7 Å².